The number of hydrogen-bond acceptors (Lipinski definition) is 3. The zero-order valence-electron chi connectivity index (χ0n) is 9.92. The smallest absolute Gasteiger partial charge is 0.335 e. The predicted molar refractivity (Wildman–Crippen MR) is 70.8 cm³/mol. The van der Waals surface area contributed by atoms with Crippen LogP contribution in [0.15, 0.2) is 36.4 Å². The fraction of sp³-hybridized carbons (Fsp3) is 0. The SMILES string of the molecule is O=C(O)c1ccc2nnn(-c3ccc(Cl)cc3F)c2c1. The van der Waals surface area contributed by atoms with Crippen molar-refractivity contribution in [2.24, 2.45) is 0 Å². The fourth-order valence-corrected chi connectivity index (χ4v) is 2.04. The minimum Gasteiger partial charge on any atom is -0.478 e. The topological polar surface area (TPSA) is 68.0 Å². The molecule has 0 unspecified atom stereocenters. The van der Waals surface area contributed by atoms with E-state index in [-0.39, 0.29) is 16.3 Å². The van der Waals surface area contributed by atoms with Crippen LogP contribution >= 0.6 is 11.6 Å². The maximum Gasteiger partial charge on any atom is 0.335 e. The number of aromatic carboxylic acids is 1. The van der Waals surface area contributed by atoms with Gasteiger partial charge in [0, 0.05) is 5.02 Å². The Morgan fingerprint density at radius 3 is 2.75 bits per heavy atom. The molecule has 0 fully saturated rings. The summed E-state index contributed by atoms with van der Waals surface area (Å²) in [5.74, 6) is -1.64. The van der Waals surface area contributed by atoms with Crippen LogP contribution in [-0.4, -0.2) is 26.1 Å². The van der Waals surface area contributed by atoms with Gasteiger partial charge in [0.15, 0.2) is 0 Å². The Hall–Kier alpha value is -2.47. The van der Waals surface area contributed by atoms with Gasteiger partial charge in [0.2, 0.25) is 0 Å². The molecule has 0 atom stereocenters. The minimum atomic E-state index is -1.07. The van der Waals surface area contributed by atoms with Crippen molar-refractivity contribution in [2.45, 2.75) is 0 Å². The molecule has 3 aromatic rings. The van der Waals surface area contributed by atoms with Gasteiger partial charge in [0.05, 0.1) is 11.1 Å². The highest BCUT2D eigenvalue weighted by atomic mass is 35.5. The largest absolute Gasteiger partial charge is 0.478 e. The van der Waals surface area contributed by atoms with Crippen LogP contribution in [0.1, 0.15) is 10.4 Å². The van der Waals surface area contributed by atoms with E-state index >= 15 is 0 Å². The van der Waals surface area contributed by atoms with Gasteiger partial charge in [0.1, 0.15) is 17.0 Å². The maximum atomic E-state index is 13.9. The third kappa shape index (κ3) is 2.00. The number of halogens is 2. The molecule has 0 saturated heterocycles. The third-order valence-electron chi connectivity index (χ3n) is 2.83. The normalized spacial score (nSPS) is 10.9. The number of benzene rings is 2. The number of aromatic nitrogens is 3. The molecule has 0 aliphatic heterocycles. The summed E-state index contributed by atoms with van der Waals surface area (Å²) < 4.78 is 15.2. The zero-order valence-corrected chi connectivity index (χ0v) is 10.7. The summed E-state index contributed by atoms with van der Waals surface area (Å²) in [6, 6.07) is 8.48. The third-order valence-corrected chi connectivity index (χ3v) is 3.07. The first-order valence-electron chi connectivity index (χ1n) is 5.60. The van der Waals surface area contributed by atoms with Crippen molar-refractivity contribution in [3.8, 4) is 5.69 Å². The summed E-state index contributed by atoms with van der Waals surface area (Å²) in [5.41, 5.74) is 1.12. The van der Waals surface area contributed by atoms with E-state index in [1.54, 1.807) is 0 Å². The zero-order chi connectivity index (χ0) is 14.3. The van der Waals surface area contributed by atoms with Crippen molar-refractivity contribution in [3.63, 3.8) is 0 Å². The molecule has 100 valence electrons. The molecule has 20 heavy (non-hydrogen) atoms. The number of carbonyl (C=O) groups is 1. The molecule has 0 saturated carbocycles. The van der Waals surface area contributed by atoms with Gasteiger partial charge in [-0.2, -0.15) is 0 Å². The number of carboxylic acids is 1. The minimum absolute atomic E-state index is 0.0791. The van der Waals surface area contributed by atoms with Crippen molar-refractivity contribution in [3.05, 3.63) is 52.8 Å². The number of hydrogen-bond donors (Lipinski definition) is 1. The highest BCUT2D eigenvalue weighted by Crippen LogP contribution is 2.22. The van der Waals surface area contributed by atoms with Crippen molar-refractivity contribution >= 4 is 28.6 Å². The van der Waals surface area contributed by atoms with Gasteiger partial charge in [-0.15, -0.1) is 5.10 Å². The van der Waals surface area contributed by atoms with Gasteiger partial charge < -0.3 is 5.11 Å². The van der Waals surface area contributed by atoms with E-state index < -0.39 is 11.8 Å². The molecule has 0 bridgehead atoms. The monoisotopic (exact) mass is 291 g/mol. The summed E-state index contributed by atoms with van der Waals surface area (Å²) in [7, 11) is 0. The van der Waals surface area contributed by atoms with Gasteiger partial charge in [-0.3, -0.25) is 0 Å². The Morgan fingerprint density at radius 1 is 1.25 bits per heavy atom. The van der Waals surface area contributed by atoms with E-state index in [1.165, 1.54) is 35.0 Å². The van der Waals surface area contributed by atoms with Gasteiger partial charge in [-0.25, -0.2) is 13.9 Å². The maximum absolute atomic E-state index is 13.9. The molecule has 1 heterocycles. The van der Waals surface area contributed by atoms with Gasteiger partial charge >= 0.3 is 5.97 Å². The molecule has 2 aromatic carbocycles. The average molecular weight is 292 g/mol. The number of rotatable bonds is 2. The van der Waals surface area contributed by atoms with E-state index in [1.807, 2.05) is 0 Å². The van der Waals surface area contributed by atoms with E-state index in [9.17, 15) is 9.18 Å². The lowest BCUT2D eigenvalue weighted by molar-refractivity contribution is 0.0697. The van der Waals surface area contributed by atoms with Crippen molar-refractivity contribution in [1.82, 2.24) is 15.0 Å². The van der Waals surface area contributed by atoms with Crippen LogP contribution in [0.3, 0.4) is 0 Å². The summed E-state index contributed by atoms with van der Waals surface area (Å²) in [6.45, 7) is 0. The van der Waals surface area contributed by atoms with Crippen LogP contribution in [0.4, 0.5) is 4.39 Å². The van der Waals surface area contributed by atoms with Gasteiger partial charge in [0.25, 0.3) is 0 Å². The molecule has 1 N–H and O–H groups in total. The molecule has 1 aromatic heterocycles. The second kappa shape index (κ2) is 4.57. The van der Waals surface area contributed by atoms with E-state index in [0.29, 0.717) is 11.0 Å². The number of nitrogens with zero attached hydrogens (tertiary/aromatic N) is 3. The summed E-state index contributed by atoms with van der Waals surface area (Å²) >= 11 is 5.70. The Labute approximate surface area is 117 Å². The Kier molecular flexibility index (Phi) is 2.87. The van der Waals surface area contributed by atoms with Gasteiger partial charge in [-0.05, 0) is 36.4 Å². The Balaban J connectivity index is 2.25. The quantitative estimate of drug-likeness (QED) is 0.788. The molecule has 3 rings (SSSR count). The lowest BCUT2D eigenvalue weighted by Crippen LogP contribution is -2.01. The first kappa shape index (κ1) is 12.6. The lowest BCUT2D eigenvalue weighted by Gasteiger charge is -2.04. The second-order valence-electron chi connectivity index (χ2n) is 4.11. The lowest BCUT2D eigenvalue weighted by atomic mass is 10.2. The Bertz CT molecular complexity index is 832. The molecular formula is C13H7ClFN3O2. The molecule has 0 spiro atoms. The Morgan fingerprint density at radius 2 is 2.05 bits per heavy atom. The van der Waals surface area contributed by atoms with Crippen LogP contribution in [-0.2, 0) is 0 Å². The molecule has 0 amide bonds. The average Bonchev–Trinajstić information content (AvgIpc) is 2.81. The second-order valence-corrected chi connectivity index (χ2v) is 4.54. The number of carboxylic acid groups (broad SMARTS) is 1. The van der Waals surface area contributed by atoms with Crippen LogP contribution in [0, 0.1) is 5.82 Å². The van der Waals surface area contributed by atoms with E-state index in [0.717, 1.165) is 6.07 Å². The van der Waals surface area contributed by atoms with Crippen molar-refractivity contribution < 1.29 is 14.3 Å². The summed E-state index contributed by atoms with van der Waals surface area (Å²) in [4.78, 5) is 11.0. The summed E-state index contributed by atoms with van der Waals surface area (Å²) in [6.07, 6.45) is 0. The van der Waals surface area contributed by atoms with Crippen LogP contribution in [0.2, 0.25) is 5.02 Å². The molecule has 0 radical (unpaired) electrons. The van der Waals surface area contributed by atoms with Crippen LogP contribution in [0.25, 0.3) is 16.7 Å². The fourth-order valence-electron chi connectivity index (χ4n) is 1.88. The van der Waals surface area contributed by atoms with Gasteiger partial charge in [-0.1, -0.05) is 16.8 Å². The highest BCUT2D eigenvalue weighted by molar-refractivity contribution is 6.30. The standard InChI is InChI=1S/C13H7ClFN3O2/c14-8-2-4-11(9(15)6-8)18-12-5-7(13(19)20)1-3-10(12)16-17-18/h1-6H,(H,19,20). The molecular weight excluding hydrogens is 285 g/mol. The number of fused-ring (bicyclic) bond motifs is 1. The highest BCUT2D eigenvalue weighted by Gasteiger charge is 2.13. The van der Waals surface area contributed by atoms with Crippen molar-refractivity contribution in [1.29, 1.82) is 0 Å². The first-order chi connectivity index (χ1) is 9.56. The predicted octanol–water partition coefficient (Wildman–Crippen LogP) is 2.91. The van der Waals surface area contributed by atoms with Crippen LogP contribution in [0.5, 0.6) is 0 Å². The molecule has 0 aliphatic carbocycles. The van der Waals surface area contributed by atoms with E-state index in [2.05, 4.69) is 10.3 Å². The summed E-state index contributed by atoms with van der Waals surface area (Å²) in [5, 5.41) is 17.0. The molecule has 5 nitrogen and oxygen atoms in total. The van der Waals surface area contributed by atoms with Crippen molar-refractivity contribution in [2.75, 3.05) is 0 Å². The first-order valence-corrected chi connectivity index (χ1v) is 5.98. The molecule has 0 aliphatic rings. The van der Waals surface area contributed by atoms with E-state index in [4.69, 9.17) is 16.7 Å². The molecule has 7 heteroatoms. The van der Waals surface area contributed by atoms with Crippen LogP contribution < -0.4 is 0 Å².